The van der Waals surface area contributed by atoms with Gasteiger partial charge in [0.2, 0.25) is 0 Å². The van der Waals surface area contributed by atoms with Crippen molar-refractivity contribution in [1.29, 1.82) is 0 Å². The predicted molar refractivity (Wildman–Crippen MR) is 140 cm³/mol. The van der Waals surface area contributed by atoms with Crippen molar-refractivity contribution >= 4 is 40.1 Å². The Balaban J connectivity index is 1.40. The zero-order valence-corrected chi connectivity index (χ0v) is 21.9. The lowest BCUT2D eigenvalue weighted by atomic mass is 10.2. The van der Waals surface area contributed by atoms with Crippen LogP contribution >= 0.6 is 23.1 Å². The number of thioether (sulfide) groups is 1. The van der Waals surface area contributed by atoms with Gasteiger partial charge in [-0.05, 0) is 68.1 Å². The highest BCUT2D eigenvalue weighted by atomic mass is 32.2. The average Bonchev–Trinajstić information content (AvgIpc) is 3.53. The fourth-order valence-corrected chi connectivity index (χ4v) is 4.72. The summed E-state index contributed by atoms with van der Waals surface area (Å²) in [5, 5.41) is 14.0. The molecule has 1 amide bonds. The van der Waals surface area contributed by atoms with Gasteiger partial charge in [0.15, 0.2) is 16.4 Å². The van der Waals surface area contributed by atoms with Crippen molar-refractivity contribution in [2.24, 2.45) is 0 Å². The second-order valence-corrected chi connectivity index (χ2v) is 9.31. The lowest BCUT2D eigenvalue weighted by molar-refractivity contribution is -0.124. The highest BCUT2D eigenvalue weighted by Gasteiger charge is 2.23. The Hall–Kier alpha value is -3.70. The lowest BCUT2D eigenvalue weighted by Gasteiger charge is -2.15. The summed E-state index contributed by atoms with van der Waals surface area (Å²) >= 11 is 2.78. The van der Waals surface area contributed by atoms with E-state index in [-0.39, 0.29) is 0 Å². The van der Waals surface area contributed by atoms with E-state index < -0.39 is 18.0 Å². The number of amides is 1. The van der Waals surface area contributed by atoms with Crippen molar-refractivity contribution in [3.63, 3.8) is 0 Å². The molecule has 186 valence electrons. The topological polar surface area (TPSA) is 108 Å². The summed E-state index contributed by atoms with van der Waals surface area (Å²) in [5.74, 6) is 0.494. The van der Waals surface area contributed by atoms with Gasteiger partial charge in [-0.15, -0.1) is 21.5 Å². The molecule has 36 heavy (non-hydrogen) atoms. The molecule has 2 heterocycles. The van der Waals surface area contributed by atoms with Crippen LogP contribution in [0.15, 0.2) is 59.1 Å². The molecule has 11 heteroatoms. The Labute approximate surface area is 216 Å². The highest BCUT2D eigenvalue weighted by molar-refractivity contribution is 7.98. The summed E-state index contributed by atoms with van der Waals surface area (Å²) in [7, 11) is 1.61. The van der Waals surface area contributed by atoms with Crippen molar-refractivity contribution in [1.82, 2.24) is 19.7 Å². The number of nitrogens with one attached hydrogen (secondary N) is 1. The molecule has 0 fully saturated rings. The van der Waals surface area contributed by atoms with E-state index in [1.165, 1.54) is 23.1 Å². The van der Waals surface area contributed by atoms with Gasteiger partial charge in [0.25, 0.3) is 5.91 Å². The molecule has 0 saturated heterocycles. The number of ether oxygens (including phenoxy) is 2. The van der Waals surface area contributed by atoms with Crippen LogP contribution in [0.1, 0.15) is 29.5 Å². The Kier molecular flexibility index (Phi) is 8.01. The number of carbonyl (C=O) groups excluding carboxylic acids is 2. The molecule has 2 aromatic carbocycles. The first-order chi connectivity index (χ1) is 17.4. The monoisotopic (exact) mass is 523 g/mol. The third kappa shape index (κ3) is 5.58. The summed E-state index contributed by atoms with van der Waals surface area (Å²) < 4.78 is 12.6. The first-order valence-corrected chi connectivity index (χ1v) is 13.2. The highest BCUT2D eigenvalue weighted by Crippen LogP contribution is 2.27. The predicted octanol–water partition coefficient (Wildman–Crippen LogP) is 5.00. The minimum atomic E-state index is -0.950. The number of esters is 1. The molecule has 1 unspecified atom stereocenters. The second kappa shape index (κ2) is 11.4. The summed E-state index contributed by atoms with van der Waals surface area (Å²) in [6, 6.07) is 14.4. The number of rotatable bonds is 9. The van der Waals surface area contributed by atoms with Gasteiger partial charge < -0.3 is 9.47 Å². The fraction of sp³-hybridized carbons (Fsp3) is 0.240. The SMILES string of the molecule is CCC(OC(=O)c1ccc(-n2c(C)nnc2SC)cc1)C(=O)Nc1nc(-c2ccc(OC)cc2)cs1. The molecule has 0 aliphatic heterocycles. The first kappa shape index (κ1) is 25.4. The van der Waals surface area contributed by atoms with Crippen LogP contribution in [0.2, 0.25) is 0 Å². The van der Waals surface area contributed by atoms with Crippen LogP contribution in [0.4, 0.5) is 5.13 Å². The maximum atomic E-state index is 12.8. The van der Waals surface area contributed by atoms with Gasteiger partial charge in [-0.1, -0.05) is 18.7 Å². The molecular weight excluding hydrogens is 498 g/mol. The smallest absolute Gasteiger partial charge is 0.338 e. The standard InChI is InChI=1S/C25H25N5O4S2/c1-5-21(22(31)27-24-26-20(14-36-24)16-8-12-19(33-3)13-9-16)34-23(32)17-6-10-18(11-7-17)30-15(2)28-29-25(30)35-4/h6-14,21H,5H2,1-4H3,(H,26,27,31). The van der Waals surface area contributed by atoms with Crippen LogP contribution < -0.4 is 10.1 Å². The van der Waals surface area contributed by atoms with Gasteiger partial charge >= 0.3 is 5.97 Å². The molecule has 0 aliphatic rings. The van der Waals surface area contributed by atoms with Crippen LogP contribution in [0.5, 0.6) is 5.75 Å². The average molecular weight is 524 g/mol. The van der Waals surface area contributed by atoms with E-state index in [4.69, 9.17) is 9.47 Å². The molecule has 4 aromatic rings. The van der Waals surface area contributed by atoms with Gasteiger partial charge in [-0.25, -0.2) is 9.78 Å². The van der Waals surface area contributed by atoms with Crippen molar-refractivity contribution in [2.75, 3.05) is 18.7 Å². The number of hydrogen-bond acceptors (Lipinski definition) is 9. The van der Waals surface area contributed by atoms with Crippen LogP contribution in [0.3, 0.4) is 0 Å². The molecule has 4 rings (SSSR count). The van der Waals surface area contributed by atoms with Gasteiger partial charge in [0.05, 0.1) is 18.4 Å². The summed E-state index contributed by atoms with van der Waals surface area (Å²) in [6.07, 6.45) is 1.30. The molecule has 0 saturated carbocycles. The maximum absolute atomic E-state index is 12.8. The van der Waals surface area contributed by atoms with E-state index in [1.54, 1.807) is 38.3 Å². The fourth-order valence-electron chi connectivity index (χ4n) is 3.45. The molecule has 0 radical (unpaired) electrons. The zero-order chi connectivity index (χ0) is 25.7. The molecule has 9 nitrogen and oxygen atoms in total. The number of carbonyl (C=O) groups is 2. The summed E-state index contributed by atoms with van der Waals surface area (Å²) in [4.78, 5) is 30.0. The molecule has 1 atom stereocenters. The van der Waals surface area contributed by atoms with E-state index >= 15 is 0 Å². The third-order valence-corrected chi connectivity index (χ3v) is 6.76. The van der Waals surface area contributed by atoms with E-state index in [1.807, 2.05) is 47.4 Å². The number of aryl methyl sites for hydroxylation is 1. The van der Waals surface area contributed by atoms with E-state index in [2.05, 4.69) is 20.5 Å². The number of thiazole rings is 1. The maximum Gasteiger partial charge on any atom is 0.338 e. The Morgan fingerprint density at radius 3 is 2.47 bits per heavy atom. The molecule has 0 aliphatic carbocycles. The Morgan fingerprint density at radius 1 is 1.11 bits per heavy atom. The van der Waals surface area contributed by atoms with Gasteiger partial charge in [0, 0.05) is 16.6 Å². The number of methoxy groups -OCH3 is 1. The summed E-state index contributed by atoms with van der Waals surface area (Å²) in [6.45, 7) is 3.64. The molecule has 0 spiro atoms. The molecular formula is C25H25N5O4S2. The Morgan fingerprint density at radius 2 is 1.83 bits per heavy atom. The Bertz CT molecular complexity index is 1350. The third-order valence-electron chi connectivity index (χ3n) is 5.37. The second-order valence-electron chi connectivity index (χ2n) is 7.67. The van der Waals surface area contributed by atoms with Gasteiger partial charge in [-0.2, -0.15) is 0 Å². The largest absolute Gasteiger partial charge is 0.497 e. The number of aromatic nitrogens is 4. The molecule has 0 bridgehead atoms. The van der Waals surface area contributed by atoms with Crippen molar-refractivity contribution in [3.8, 4) is 22.7 Å². The quantitative estimate of drug-likeness (QED) is 0.241. The lowest BCUT2D eigenvalue weighted by Crippen LogP contribution is -2.32. The van der Waals surface area contributed by atoms with Crippen LogP contribution in [0, 0.1) is 6.92 Å². The van der Waals surface area contributed by atoms with Crippen LogP contribution in [-0.2, 0) is 9.53 Å². The normalized spacial score (nSPS) is 11.7. The van der Waals surface area contributed by atoms with Crippen LogP contribution in [-0.4, -0.2) is 51.1 Å². The van der Waals surface area contributed by atoms with Gasteiger partial charge in [-0.3, -0.25) is 14.7 Å². The number of benzene rings is 2. The van der Waals surface area contributed by atoms with Crippen LogP contribution in [0.25, 0.3) is 16.9 Å². The van der Waals surface area contributed by atoms with Crippen molar-refractivity contribution in [2.45, 2.75) is 31.5 Å². The van der Waals surface area contributed by atoms with Crippen molar-refractivity contribution in [3.05, 3.63) is 65.3 Å². The van der Waals surface area contributed by atoms with E-state index in [9.17, 15) is 9.59 Å². The van der Waals surface area contributed by atoms with E-state index in [0.29, 0.717) is 17.1 Å². The summed E-state index contributed by atoms with van der Waals surface area (Å²) in [5.41, 5.74) is 2.81. The number of nitrogens with zero attached hydrogens (tertiary/aromatic N) is 4. The minimum absolute atomic E-state index is 0.323. The zero-order valence-electron chi connectivity index (χ0n) is 20.2. The minimum Gasteiger partial charge on any atom is -0.497 e. The molecule has 1 N–H and O–H groups in total. The van der Waals surface area contributed by atoms with Gasteiger partial charge in [0.1, 0.15) is 11.6 Å². The molecule has 2 aromatic heterocycles. The van der Waals surface area contributed by atoms with E-state index in [0.717, 1.165) is 33.7 Å². The van der Waals surface area contributed by atoms with Crippen molar-refractivity contribution < 1.29 is 19.1 Å². The number of hydrogen-bond donors (Lipinski definition) is 1. The first-order valence-electron chi connectivity index (χ1n) is 11.1. The number of anilines is 1.